The molecule has 0 aromatic carbocycles. The Kier molecular flexibility index (Phi) is 4.34. The number of nitrogens with zero attached hydrogens (tertiary/aromatic N) is 3. The number of hydrogen-bond donors (Lipinski definition) is 0. The van der Waals surface area contributed by atoms with Crippen LogP contribution in [0.4, 0.5) is 10.2 Å². The van der Waals surface area contributed by atoms with E-state index in [1.807, 2.05) is 9.80 Å². The van der Waals surface area contributed by atoms with Crippen molar-refractivity contribution < 1.29 is 13.9 Å². The molecule has 3 rings (SSSR count). The van der Waals surface area contributed by atoms with Crippen molar-refractivity contribution in [2.24, 2.45) is 5.92 Å². The van der Waals surface area contributed by atoms with Crippen LogP contribution >= 0.6 is 0 Å². The van der Waals surface area contributed by atoms with Crippen molar-refractivity contribution in [1.29, 1.82) is 0 Å². The third-order valence-electron chi connectivity index (χ3n) is 4.13. The predicted molar refractivity (Wildman–Crippen MR) is 76.5 cm³/mol. The lowest BCUT2D eigenvalue weighted by molar-refractivity contribution is -0.139. The molecule has 5 nitrogen and oxygen atoms in total. The summed E-state index contributed by atoms with van der Waals surface area (Å²) < 4.78 is 19.1. The first kappa shape index (κ1) is 14.3. The molecule has 21 heavy (non-hydrogen) atoms. The highest BCUT2D eigenvalue weighted by molar-refractivity contribution is 5.79. The number of aromatic nitrogens is 1. The van der Waals surface area contributed by atoms with Crippen LogP contribution in [0.15, 0.2) is 18.3 Å². The molecule has 1 amide bonds. The fraction of sp³-hybridized carbons (Fsp3) is 0.600. The molecule has 0 bridgehead atoms. The molecule has 3 heterocycles. The normalized spacial score (nSPS) is 23.2. The van der Waals surface area contributed by atoms with Crippen molar-refractivity contribution in [2.45, 2.75) is 12.8 Å². The van der Waals surface area contributed by atoms with Gasteiger partial charge in [0.2, 0.25) is 5.91 Å². The Hall–Kier alpha value is -1.69. The number of ether oxygens (including phenoxy) is 1. The standard InChI is InChI=1S/C15H20FN3O2/c16-13-4-1-5-17-14(13)19-6-2-3-12(11-19)15(20)18-7-9-21-10-8-18/h1,4-5,12H,2-3,6-11H2. The summed E-state index contributed by atoms with van der Waals surface area (Å²) in [6.07, 6.45) is 3.34. The second kappa shape index (κ2) is 6.39. The molecule has 0 aliphatic carbocycles. The number of amides is 1. The van der Waals surface area contributed by atoms with Crippen LogP contribution in [0.5, 0.6) is 0 Å². The third-order valence-corrected chi connectivity index (χ3v) is 4.13. The van der Waals surface area contributed by atoms with Gasteiger partial charge in [-0.2, -0.15) is 0 Å². The maximum Gasteiger partial charge on any atom is 0.227 e. The first-order valence-electron chi connectivity index (χ1n) is 7.47. The topological polar surface area (TPSA) is 45.7 Å². The molecule has 1 aromatic rings. The maximum absolute atomic E-state index is 13.8. The van der Waals surface area contributed by atoms with Gasteiger partial charge in [-0.05, 0) is 25.0 Å². The van der Waals surface area contributed by atoms with Crippen LogP contribution in [0.25, 0.3) is 0 Å². The summed E-state index contributed by atoms with van der Waals surface area (Å²) in [4.78, 5) is 20.4. The van der Waals surface area contributed by atoms with E-state index in [2.05, 4.69) is 4.98 Å². The Morgan fingerprint density at radius 1 is 1.33 bits per heavy atom. The number of pyridine rings is 1. The summed E-state index contributed by atoms with van der Waals surface area (Å²) in [5, 5.41) is 0. The van der Waals surface area contributed by atoms with E-state index in [0.29, 0.717) is 38.7 Å². The molecule has 0 saturated carbocycles. The van der Waals surface area contributed by atoms with E-state index in [1.165, 1.54) is 6.07 Å². The average Bonchev–Trinajstić information content (AvgIpc) is 2.55. The Morgan fingerprint density at radius 2 is 2.14 bits per heavy atom. The van der Waals surface area contributed by atoms with E-state index < -0.39 is 0 Å². The van der Waals surface area contributed by atoms with Crippen LogP contribution in [0.2, 0.25) is 0 Å². The molecule has 2 aliphatic rings. The summed E-state index contributed by atoms with van der Waals surface area (Å²) >= 11 is 0. The highest BCUT2D eigenvalue weighted by Gasteiger charge is 2.31. The largest absolute Gasteiger partial charge is 0.378 e. The number of morpholine rings is 1. The van der Waals surface area contributed by atoms with Gasteiger partial charge in [0.1, 0.15) is 0 Å². The number of anilines is 1. The van der Waals surface area contributed by atoms with Gasteiger partial charge in [0.25, 0.3) is 0 Å². The zero-order valence-electron chi connectivity index (χ0n) is 12.0. The van der Waals surface area contributed by atoms with Crippen LogP contribution in [-0.2, 0) is 9.53 Å². The van der Waals surface area contributed by atoms with Gasteiger partial charge in [-0.1, -0.05) is 0 Å². The molecule has 0 spiro atoms. The van der Waals surface area contributed by atoms with Gasteiger partial charge in [-0.25, -0.2) is 9.37 Å². The first-order chi connectivity index (χ1) is 10.3. The molecule has 114 valence electrons. The highest BCUT2D eigenvalue weighted by Crippen LogP contribution is 2.25. The minimum absolute atomic E-state index is 0.0711. The van der Waals surface area contributed by atoms with E-state index in [0.717, 1.165) is 19.4 Å². The summed E-state index contributed by atoms with van der Waals surface area (Å²) in [7, 11) is 0. The van der Waals surface area contributed by atoms with Crippen LogP contribution < -0.4 is 4.90 Å². The number of carbonyl (C=O) groups excluding carboxylic acids is 1. The summed E-state index contributed by atoms with van der Waals surface area (Å²) in [5.41, 5.74) is 0. The lowest BCUT2D eigenvalue weighted by atomic mass is 9.96. The molecule has 1 aromatic heterocycles. The van der Waals surface area contributed by atoms with Crippen LogP contribution in [0.1, 0.15) is 12.8 Å². The van der Waals surface area contributed by atoms with E-state index in [9.17, 15) is 9.18 Å². The Morgan fingerprint density at radius 3 is 2.90 bits per heavy atom. The van der Waals surface area contributed by atoms with Crippen molar-refractivity contribution in [3.8, 4) is 0 Å². The van der Waals surface area contributed by atoms with Crippen molar-refractivity contribution in [2.75, 3.05) is 44.3 Å². The number of rotatable bonds is 2. The molecule has 1 unspecified atom stereocenters. The molecule has 2 fully saturated rings. The van der Waals surface area contributed by atoms with E-state index in [-0.39, 0.29) is 17.6 Å². The minimum atomic E-state index is -0.322. The van der Waals surface area contributed by atoms with Crippen molar-refractivity contribution in [1.82, 2.24) is 9.88 Å². The summed E-state index contributed by atoms with van der Waals surface area (Å²) in [5.74, 6) is 0.131. The molecular weight excluding hydrogens is 273 g/mol. The lowest BCUT2D eigenvalue weighted by Gasteiger charge is -2.36. The second-order valence-corrected chi connectivity index (χ2v) is 5.53. The molecule has 0 radical (unpaired) electrons. The van der Waals surface area contributed by atoms with Gasteiger partial charge in [-0.3, -0.25) is 4.79 Å². The first-order valence-corrected chi connectivity index (χ1v) is 7.47. The Bertz CT molecular complexity index is 505. The van der Waals surface area contributed by atoms with Gasteiger partial charge >= 0.3 is 0 Å². The molecule has 2 saturated heterocycles. The quantitative estimate of drug-likeness (QED) is 0.824. The van der Waals surface area contributed by atoms with Gasteiger partial charge in [0.15, 0.2) is 11.6 Å². The predicted octanol–water partition coefficient (Wildman–Crippen LogP) is 1.30. The van der Waals surface area contributed by atoms with E-state index >= 15 is 0 Å². The lowest BCUT2D eigenvalue weighted by Crippen LogP contribution is -2.48. The molecule has 1 atom stereocenters. The van der Waals surface area contributed by atoms with E-state index in [4.69, 9.17) is 4.74 Å². The smallest absolute Gasteiger partial charge is 0.227 e. The van der Waals surface area contributed by atoms with Gasteiger partial charge in [-0.15, -0.1) is 0 Å². The fourth-order valence-corrected chi connectivity index (χ4v) is 3.02. The van der Waals surface area contributed by atoms with Crippen molar-refractivity contribution in [3.05, 3.63) is 24.1 Å². The van der Waals surface area contributed by atoms with Gasteiger partial charge < -0.3 is 14.5 Å². The van der Waals surface area contributed by atoms with Crippen LogP contribution in [0, 0.1) is 11.7 Å². The molecular formula is C15H20FN3O2. The van der Waals surface area contributed by atoms with E-state index in [1.54, 1.807) is 12.3 Å². The Labute approximate surface area is 123 Å². The fourth-order valence-electron chi connectivity index (χ4n) is 3.02. The number of carbonyl (C=O) groups is 1. The summed E-state index contributed by atoms with van der Waals surface area (Å²) in [6, 6.07) is 2.99. The number of hydrogen-bond acceptors (Lipinski definition) is 4. The number of piperidine rings is 1. The third kappa shape index (κ3) is 3.15. The van der Waals surface area contributed by atoms with Crippen LogP contribution in [-0.4, -0.2) is 55.2 Å². The SMILES string of the molecule is O=C(C1CCCN(c2ncccc2F)C1)N1CCOCC1. The molecule has 2 aliphatic heterocycles. The maximum atomic E-state index is 13.8. The van der Waals surface area contributed by atoms with Gasteiger partial charge in [0.05, 0.1) is 19.1 Å². The number of halogens is 1. The second-order valence-electron chi connectivity index (χ2n) is 5.53. The minimum Gasteiger partial charge on any atom is -0.378 e. The average molecular weight is 293 g/mol. The molecule has 6 heteroatoms. The van der Waals surface area contributed by atoms with Gasteiger partial charge in [0, 0.05) is 32.4 Å². The van der Waals surface area contributed by atoms with Crippen molar-refractivity contribution in [3.63, 3.8) is 0 Å². The van der Waals surface area contributed by atoms with Crippen molar-refractivity contribution >= 4 is 11.7 Å². The zero-order chi connectivity index (χ0) is 14.7. The monoisotopic (exact) mass is 293 g/mol. The van der Waals surface area contributed by atoms with Crippen LogP contribution in [0.3, 0.4) is 0 Å². The summed E-state index contributed by atoms with van der Waals surface area (Å²) in [6.45, 7) is 3.83. The molecule has 0 N–H and O–H groups in total. The highest BCUT2D eigenvalue weighted by atomic mass is 19.1. The Balaban J connectivity index is 1.68. The zero-order valence-corrected chi connectivity index (χ0v) is 12.0.